The van der Waals surface area contributed by atoms with Gasteiger partial charge in [0.1, 0.15) is 18.1 Å². The van der Waals surface area contributed by atoms with Crippen molar-refractivity contribution in [2.75, 3.05) is 13.7 Å². The molecular weight excluding hydrogens is 195 g/mol. The number of ether oxygens (including phenoxy) is 2. The van der Waals surface area contributed by atoms with Gasteiger partial charge in [-0.1, -0.05) is 12.7 Å². The molecule has 80 valence electrons. The fourth-order valence-electron chi connectivity index (χ4n) is 1.14. The number of hydrogen-bond donors (Lipinski definition) is 2. The molecule has 0 aliphatic rings. The highest BCUT2D eigenvalue weighted by atomic mass is 16.5. The molecule has 0 aromatic heterocycles. The van der Waals surface area contributed by atoms with Gasteiger partial charge in [-0.2, -0.15) is 0 Å². The number of rotatable bonds is 5. The van der Waals surface area contributed by atoms with Crippen molar-refractivity contribution >= 4 is 12.6 Å². The van der Waals surface area contributed by atoms with Gasteiger partial charge >= 0.3 is 7.12 Å². The Balaban J connectivity index is 2.98. The first-order valence-electron chi connectivity index (χ1n) is 4.46. The van der Waals surface area contributed by atoms with Gasteiger partial charge in [-0.15, -0.1) is 0 Å². The van der Waals surface area contributed by atoms with Crippen molar-refractivity contribution in [3.8, 4) is 11.5 Å². The first-order chi connectivity index (χ1) is 7.19. The highest BCUT2D eigenvalue weighted by Gasteiger charge is 2.17. The van der Waals surface area contributed by atoms with E-state index in [1.54, 1.807) is 18.2 Å². The second kappa shape index (κ2) is 5.43. The standard InChI is InChI=1S/C10H13BO4/c1-3-6-15-10-5-4-8(14-2)7-9(10)11(12)13/h3-5,7,12-13H,1,6H2,2H3. The van der Waals surface area contributed by atoms with Gasteiger partial charge in [-0.3, -0.25) is 0 Å². The predicted molar refractivity (Wildman–Crippen MR) is 58.5 cm³/mol. The molecule has 1 aromatic carbocycles. The largest absolute Gasteiger partial charge is 0.497 e. The van der Waals surface area contributed by atoms with Gasteiger partial charge in [0.05, 0.1) is 7.11 Å². The topological polar surface area (TPSA) is 58.9 Å². The van der Waals surface area contributed by atoms with Crippen LogP contribution in [0.4, 0.5) is 0 Å². The van der Waals surface area contributed by atoms with Crippen LogP contribution in [-0.2, 0) is 0 Å². The summed E-state index contributed by atoms with van der Waals surface area (Å²) in [6, 6.07) is 4.82. The van der Waals surface area contributed by atoms with Crippen LogP contribution < -0.4 is 14.9 Å². The zero-order chi connectivity index (χ0) is 11.3. The molecule has 5 heteroatoms. The Bertz CT molecular complexity index is 338. The first-order valence-corrected chi connectivity index (χ1v) is 4.46. The normalized spacial score (nSPS) is 9.53. The molecule has 0 fully saturated rings. The monoisotopic (exact) mass is 208 g/mol. The average Bonchev–Trinajstić information content (AvgIpc) is 2.26. The molecule has 0 amide bonds. The molecule has 2 N–H and O–H groups in total. The molecule has 0 radical (unpaired) electrons. The van der Waals surface area contributed by atoms with Gasteiger partial charge in [0.15, 0.2) is 0 Å². The summed E-state index contributed by atoms with van der Waals surface area (Å²) in [5.41, 5.74) is 0.274. The molecule has 0 spiro atoms. The Morgan fingerprint density at radius 1 is 1.47 bits per heavy atom. The van der Waals surface area contributed by atoms with Gasteiger partial charge in [0.25, 0.3) is 0 Å². The molecule has 0 aliphatic heterocycles. The Hall–Kier alpha value is -1.46. The van der Waals surface area contributed by atoms with Crippen LogP contribution in [-0.4, -0.2) is 30.9 Å². The number of methoxy groups -OCH3 is 1. The molecule has 0 heterocycles. The summed E-state index contributed by atoms with van der Waals surface area (Å²) in [5, 5.41) is 18.2. The summed E-state index contributed by atoms with van der Waals surface area (Å²) in [5.74, 6) is 0.953. The lowest BCUT2D eigenvalue weighted by atomic mass is 9.79. The maximum Gasteiger partial charge on any atom is 0.492 e. The summed E-state index contributed by atoms with van der Waals surface area (Å²) < 4.78 is 10.2. The van der Waals surface area contributed by atoms with E-state index < -0.39 is 7.12 Å². The molecule has 1 aromatic rings. The lowest BCUT2D eigenvalue weighted by Crippen LogP contribution is -2.31. The second-order valence-electron chi connectivity index (χ2n) is 2.88. The van der Waals surface area contributed by atoms with Gasteiger partial charge in [0, 0.05) is 5.46 Å². The van der Waals surface area contributed by atoms with Crippen LogP contribution >= 0.6 is 0 Å². The summed E-state index contributed by atoms with van der Waals surface area (Å²) in [6.07, 6.45) is 1.58. The molecule has 0 atom stereocenters. The van der Waals surface area contributed by atoms with E-state index >= 15 is 0 Å². The number of hydrogen-bond acceptors (Lipinski definition) is 4. The minimum atomic E-state index is -1.58. The lowest BCUT2D eigenvalue weighted by Gasteiger charge is -2.10. The zero-order valence-electron chi connectivity index (χ0n) is 8.51. The number of benzene rings is 1. The highest BCUT2D eigenvalue weighted by molar-refractivity contribution is 6.59. The van der Waals surface area contributed by atoms with Crippen molar-refractivity contribution in [3.05, 3.63) is 30.9 Å². The van der Waals surface area contributed by atoms with Crippen LogP contribution in [0.3, 0.4) is 0 Å². The van der Waals surface area contributed by atoms with E-state index in [0.29, 0.717) is 18.1 Å². The van der Waals surface area contributed by atoms with Crippen LogP contribution in [0.1, 0.15) is 0 Å². The Kier molecular flexibility index (Phi) is 4.21. The first kappa shape index (κ1) is 11.6. The maximum atomic E-state index is 9.12. The molecule has 0 bridgehead atoms. The summed E-state index contributed by atoms with van der Waals surface area (Å²) in [7, 11) is -0.0763. The van der Waals surface area contributed by atoms with E-state index in [9.17, 15) is 0 Å². The van der Waals surface area contributed by atoms with E-state index in [0.717, 1.165) is 0 Å². The van der Waals surface area contributed by atoms with Crippen molar-refractivity contribution in [1.29, 1.82) is 0 Å². The van der Waals surface area contributed by atoms with E-state index in [4.69, 9.17) is 19.5 Å². The zero-order valence-corrected chi connectivity index (χ0v) is 8.51. The molecule has 0 aliphatic carbocycles. The van der Waals surface area contributed by atoms with Crippen molar-refractivity contribution in [2.45, 2.75) is 0 Å². The van der Waals surface area contributed by atoms with E-state index in [2.05, 4.69) is 6.58 Å². The second-order valence-corrected chi connectivity index (χ2v) is 2.88. The Labute approximate surface area is 88.9 Å². The molecule has 1 rings (SSSR count). The third-order valence-corrected chi connectivity index (χ3v) is 1.85. The lowest BCUT2D eigenvalue weighted by molar-refractivity contribution is 0.359. The molecule has 0 unspecified atom stereocenters. The third kappa shape index (κ3) is 3.01. The third-order valence-electron chi connectivity index (χ3n) is 1.85. The average molecular weight is 208 g/mol. The molecule has 15 heavy (non-hydrogen) atoms. The summed E-state index contributed by atoms with van der Waals surface area (Å²) in [6.45, 7) is 3.82. The minimum Gasteiger partial charge on any atom is -0.497 e. The van der Waals surface area contributed by atoms with Crippen molar-refractivity contribution in [3.63, 3.8) is 0 Å². The maximum absolute atomic E-state index is 9.12. The van der Waals surface area contributed by atoms with Gasteiger partial charge in [-0.05, 0) is 18.2 Å². The Morgan fingerprint density at radius 3 is 2.73 bits per heavy atom. The van der Waals surface area contributed by atoms with Crippen LogP contribution in [0.25, 0.3) is 0 Å². The van der Waals surface area contributed by atoms with E-state index in [1.807, 2.05) is 0 Å². The van der Waals surface area contributed by atoms with E-state index in [-0.39, 0.29) is 5.46 Å². The predicted octanol–water partition coefficient (Wildman–Crippen LogP) is -0.0602. The van der Waals surface area contributed by atoms with E-state index in [1.165, 1.54) is 13.2 Å². The van der Waals surface area contributed by atoms with Gasteiger partial charge < -0.3 is 19.5 Å². The van der Waals surface area contributed by atoms with Gasteiger partial charge in [0.2, 0.25) is 0 Å². The van der Waals surface area contributed by atoms with Crippen LogP contribution in [0, 0.1) is 0 Å². The molecule has 0 saturated carbocycles. The SMILES string of the molecule is C=CCOc1ccc(OC)cc1B(O)O. The van der Waals surface area contributed by atoms with Crippen molar-refractivity contribution in [2.24, 2.45) is 0 Å². The fourth-order valence-corrected chi connectivity index (χ4v) is 1.14. The summed E-state index contributed by atoms with van der Waals surface area (Å²) >= 11 is 0. The fraction of sp³-hybridized carbons (Fsp3) is 0.200. The molecule has 4 nitrogen and oxygen atoms in total. The Morgan fingerprint density at radius 2 is 2.20 bits per heavy atom. The smallest absolute Gasteiger partial charge is 0.492 e. The summed E-state index contributed by atoms with van der Waals surface area (Å²) in [4.78, 5) is 0. The minimum absolute atomic E-state index is 0.274. The quantitative estimate of drug-likeness (QED) is 0.525. The van der Waals surface area contributed by atoms with Crippen LogP contribution in [0.5, 0.6) is 11.5 Å². The van der Waals surface area contributed by atoms with Crippen molar-refractivity contribution < 1.29 is 19.5 Å². The highest BCUT2D eigenvalue weighted by Crippen LogP contribution is 2.15. The van der Waals surface area contributed by atoms with Crippen molar-refractivity contribution in [1.82, 2.24) is 0 Å². The molecular formula is C10H13BO4. The molecule has 0 saturated heterocycles. The van der Waals surface area contributed by atoms with Crippen LogP contribution in [0.2, 0.25) is 0 Å². The van der Waals surface area contributed by atoms with Crippen LogP contribution in [0.15, 0.2) is 30.9 Å². The van der Waals surface area contributed by atoms with Gasteiger partial charge in [-0.25, -0.2) is 0 Å².